The Morgan fingerprint density at radius 2 is 1.02 bits per heavy atom. The number of fused-ring (bicyclic) bond motifs is 7. The van der Waals surface area contributed by atoms with E-state index in [1.165, 1.54) is 76.0 Å². The average molecular weight is 523 g/mol. The Kier molecular flexibility index (Phi) is 4.80. The van der Waals surface area contributed by atoms with Crippen molar-refractivity contribution in [2.45, 2.75) is 12.8 Å². The molecule has 0 saturated heterocycles. The molecular weight excluding hydrogens is 496 g/mol. The molecule has 0 fully saturated rings. The van der Waals surface area contributed by atoms with Crippen molar-refractivity contribution in [1.29, 1.82) is 0 Å². The van der Waals surface area contributed by atoms with Gasteiger partial charge in [-0.2, -0.15) is 0 Å². The van der Waals surface area contributed by atoms with Gasteiger partial charge in [0.2, 0.25) is 0 Å². The molecule has 1 aliphatic rings. The van der Waals surface area contributed by atoms with Crippen molar-refractivity contribution >= 4 is 65.7 Å². The topological polar surface area (TPSA) is 13.1 Å². The zero-order valence-corrected chi connectivity index (χ0v) is 22.5. The fourth-order valence-electron chi connectivity index (χ4n) is 7.05. The first-order chi connectivity index (χ1) is 20.3. The van der Waals surface area contributed by atoms with Crippen LogP contribution in [0.15, 0.2) is 132 Å². The van der Waals surface area contributed by atoms with Crippen molar-refractivity contribution in [2.75, 3.05) is 0 Å². The Bertz CT molecular complexity index is 2420. The quantitative estimate of drug-likeness (QED) is 0.206. The Labute approximate surface area is 237 Å². The molecule has 0 saturated carbocycles. The molecule has 0 radical (unpaired) electrons. The van der Waals surface area contributed by atoms with E-state index >= 15 is 0 Å². The predicted molar refractivity (Wildman–Crippen MR) is 174 cm³/mol. The summed E-state index contributed by atoms with van der Waals surface area (Å²) in [7, 11) is 0. The van der Waals surface area contributed by atoms with Crippen LogP contribution in [0.3, 0.4) is 0 Å². The lowest BCUT2D eigenvalue weighted by Gasteiger charge is -2.19. The Morgan fingerprint density at radius 3 is 1.71 bits per heavy atom. The van der Waals surface area contributed by atoms with E-state index in [-0.39, 0.29) is 0 Å². The molecular formula is C40H26O. The van der Waals surface area contributed by atoms with Crippen LogP contribution in [-0.4, -0.2) is 0 Å². The molecule has 0 N–H and O–H groups in total. The molecule has 192 valence electrons. The van der Waals surface area contributed by atoms with Crippen molar-refractivity contribution in [2.24, 2.45) is 0 Å². The summed E-state index contributed by atoms with van der Waals surface area (Å²) in [6.07, 6.45) is 4.32. The monoisotopic (exact) mass is 522 g/mol. The van der Waals surface area contributed by atoms with Gasteiger partial charge in [0.15, 0.2) is 0 Å². The van der Waals surface area contributed by atoms with Gasteiger partial charge < -0.3 is 4.42 Å². The molecule has 1 aliphatic carbocycles. The molecule has 7 aromatic carbocycles. The van der Waals surface area contributed by atoms with Crippen LogP contribution < -0.4 is 10.6 Å². The largest absolute Gasteiger partial charge is 0.456 e. The molecule has 0 atom stereocenters. The summed E-state index contributed by atoms with van der Waals surface area (Å²) in [6.45, 7) is 0. The molecule has 0 bridgehead atoms. The van der Waals surface area contributed by atoms with Gasteiger partial charge in [-0.05, 0) is 90.8 Å². The van der Waals surface area contributed by atoms with Crippen molar-refractivity contribution in [3.8, 4) is 11.1 Å². The van der Waals surface area contributed by atoms with Crippen LogP contribution in [0, 0.1) is 0 Å². The minimum absolute atomic E-state index is 0.954. The number of rotatable bonds is 2. The molecule has 0 spiro atoms. The van der Waals surface area contributed by atoms with Gasteiger partial charge in [-0.1, -0.05) is 115 Å². The van der Waals surface area contributed by atoms with Crippen molar-refractivity contribution < 1.29 is 4.42 Å². The predicted octanol–water partition coefficient (Wildman–Crippen LogP) is 9.49. The molecule has 1 aromatic heterocycles. The van der Waals surface area contributed by atoms with Gasteiger partial charge in [-0.3, -0.25) is 0 Å². The van der Waals surface area contributed by atoms with Crippen LogP contribution in [0.2, 0.25) is 0 Å². The van der Waals surface area contributed by atoms with E-state index < -0.39 is 0 Å². The first kappa shape index (κ1) is 22.7. The normalized spacial score (nSPS) is 13.3. The zero-order valence-electron chi connectivity index (χ0n) is 22.5. The summed E-state index contributed by atoms with van der Waals surface area (Å²) >= 11 is 0. The second kappa shape index (κ2) is 8.68. The minimum atomic E-state index is 0.954. The van der Waals surface area contributed by atoms with Crippen LogP contribution in [0.5, 0.6) is 0 Å². The maximum absolute atomic E-state index is 6.76. The molecule has 1 nitrogen and oxygen atoms in total. The summed E-state index contributed by atoms with van der Waals surface area (Å²) in [4.78, 5) is 0. The third kappa shape index (κ3) is 3.36. The van der Waals surface area contributed by atoms with Gasteiger partial charge in [0, 0.05) is 16.2 Å². The van der Waals surface area contributed by atoms with Gasteiger partial charge in [-0.15, -0.1) is 0 Å². The number of benzene rings is 7. The van der Waals surface area contributed by atoms with Gasteiger partial charge >= 0.3 is 0 Å². The standard InChI is InChI=1S/C40H26O/c1-2-11-26-22-29(21-20-25(26)10-1)38-30-14-5-7-16-32(30)39(33-17-8-6-15-31(33)38)35-19-9-18-34-36-23-27-12-3-4-13-28(27)24-37(36)41-40(34)35/h1-8,10-18,20-24H,9,19H2. The second-order valence-corrected chi connectivity index (χ2v) is 11.2. The van der Waals surface area contributed by atoms with Gasteiger partial charge in [0.1, 0.15) is 11.0 Å². The summed E-state index contributed by atoms with van der Waals surface area (Å²) in [6, 6.07) is 46.4. The molecule has 9 rings (SSSR count). The minimum Gasteiger partial charge on any atom is -0.456 e. The summed E-state index contributed by atoms with van der Waals surface area (Å²) in [5.41, 5.74) is 7.14. The van der Waals surface area contributed by atoms with E-state index in [1.807, 2.05) is 0 Å². The number of furan rings is 1. The lowest BCUT2D eigenvalue weighted by molar-refractivity contribution is 0.569. The second-order valence-electron chi connectivity index (χ2n) is 11.2. The fraction of sp³-hybridized carbons (Fsp3) is 0.0500. The van der Waals surface area contributed by atoms with E-state index in [2.05, 4.69) is 133 Å². The molecule has 1 heterocycles. The third-order valence-electron chi connectivity index (χ3n) is 8.88. The van der Waals surface area contributed by atoms with Crippen molar-refractivity contribution in [3.05, 3.63) is 144 Å². The average Bonchev–Trinajstić information content (AvgIpc) is 3.40. The number of hydrogen-bond donors (Lipinski definition) is 0. The summed E-state index contributed by atoms with van der Waals surface area (Å²) < 4.78 is 6.76. The summed E-state index contributed by atoms with van der Waals surface area (Å²) in [5.74, 6) is 0. The van der Waals surface area contributed by atoms with Crippen molar-refractivity contribution in [3.63, 3.8) is 0 Å². The molecule has 1 heteroatoms. The van der Waals surface area contributed by atoms with Crippen LogP contribution in [-0.2, 0) is 0 Å². The smallest absolute Gasteiger partial charge is 0.138 e. The van der Waals surface area contributed by atoms with E-state index in [0.717, 1.165) is 23.8 Å². The lowest BCUT2D eigenvalue weighted by atomic mass is 9.83. The highest BCUT2D eigenvalue weighted by Crippen LogP contribution is 2.43. The number of hydrogen-bond acceptors (Lipinski definition) is 1. The Hall–Kier alpha value is -5.14. The van der Waals surface area contributed by atoms with E-state index in [1.54, 1.807) is 0 Å². The maximum Gasteiger partial charge on any atom is 0.138 e. The highest BCUT2D eigenvalue weighted by Gasteiger charge is 2.21. The van der Waals surface area contributed by atoms with Gasteiger partial charge in [0.25, 0.3) is 0 Å². The van der Waals surface area contributed by atoms with E-state index in [0.29, 0.717) is 0 Å². The zero-order chi connectivity index (χ0) is 26.9. The highest BCUT2D eigenvalue weighted by atomic mass is 16.3. The Morgan fingerprint density at radius 1 is 0.463 bits per heavy atom. The Balaban J connectivity index is 1.42. The molecule has 8 aromatic rings. The SMILES string of the molecule is C1=c2c(oc3cc4ccccc4cc23)=C(c2c3ccccc3c(-c3ccc4ccccc4c3)c3ccccc23)CC1. The van der Waals surface area contributed by atoms with Crippen molar-refractivity contribution in [1.82, 2.24) is 0 Å². The van der Waals surface area contributed by atoms with Gasteiger partial charge in [0.05, 0.1) is 0 Å². The maximum atomic E-state index is 6.76. The van der Waals surface area contributed by atoms with Crippen LogP contribution in [0.25, 0.3) is 76.8 Å². The third-order valence-corrected chi connectivity index (χ3v) is 8.88. The van der Waals surface area contributed by atoms with E-state index in [4.69, 9.17) is 4.42 Å². The van der Waals surface area contributed by atoms with Crippen LogP contribution >= 0.6 is 0 Å². The first-order valence-corrected chi connectivity index (χ1v) is 14.4. The summed E-state index contributed by atoms with van der Waals surface area (Å²) in [5, 5.41) is 12.5. The lowest BCUT2D eigenvalue weighted by Crippen LogP contribution is -2.26. The molecule has 41 heavy (non-hydrogen) atoms. The highest BCUT2D eigenvalue weighted by molar-refractivity contribution is 6.19. The van der Waals surface area contributed by atoms with Crippen LogP contribution in [0.1, 0.15) is 18.4 Å². The first-order valence-electron chi connectivity index (χ1n) is 14.4. The van der Waals surface area contributed by atoms with Gasteiger partial charge in [-0.25, -0.2) is 0 Å². The molecule has 0 unspecified atom stereocenters. The fourth-order valence-corrected chi connectivity index (χ4v) is 7.05. The van der Waals surface area contributed by atoms with Crippen LogP contribution in [0.4, 0.5) is 0 Å². The molecule has 0 amide bonds. The molecule has 0 aliphatic heterocycles. The van der Waals surface area contributed by atoms with E-state index in [9.17, 15) is 0 Å².